The van der Waals surface area contributed by atoms with Crippen LogP contribution in [0.25, 0.3) is 11.1 Å². The van der Waals surface area contributed by atoms with E-state index in [1.807, 2.05) is 24.3 Å². The van der Waals surface area contributed by atoms with Crippen LogP contribution < -0.4 is 4.90 Å². The minimum atomic E-state index is -0.245. The Hall–Kier alpha value is -3.36. The van der Waals surface area contributed by atoms with Gasteiger partial charge in [0.25, 0.3) is 0 Å². The van der Waals surface area contributed by atoms with Crippen molar-refractivity contribution in [2.24, 2.45) is 0 Å². The molecule has 0 unspecified atom stereocenters. The normalized spacial score (nSPS) is 15.0. The van der Waals surface area contributed by atoms with Crippen molar-refractivity contribution in [2.75, 3.05) is 37.7 Å². The van der Waals surface area contributed by atoms with E-state index in [1.165, 1.54) is 22.3 Å². The Morgan fingerprint density at radius 3 is 2.21 bits per heavy atom. The van der Waals surface area contributed by atoms with Gasteiger partial charge in [-0.1, -0.05) is 54.5 Å². The number of carbonyl (C=O) groups is 1. The second kappa shape index (κ2) is 9.25. The largest absolute Gasteiger partial charge is 0.448 e. The van der Waals surface area contributed by atoms with Crippen molar-refractivity contribution >= 4 is 24.4 Å². The summed E-state index contributed by atoms with van der Waals surface area (Å²) in [5.74, 6) is 3.44. The number of piperazine rings is 1. The molecule has 0 aromatic heterocycles. The van der Waals surface area contributed by atoms with E-state index in [0.717, 1.165) is 29.9 Å². The fraction of sp³-hybridized carbons (Fsp3) is 0.250. The maximum absolute atomic E-state index is 12.9. The van der Waals surface area contributed by atoms with Crippen molar-refractivity contribution in [1.29, 1.82) is 0 Å². The van der Waals surface area contributed by atoms with Crippen molar-refractivity contribution in [2.45, 2.75) is 11.7 Å². The van der Waals surface area contributed by atoms with Crippen molar-refractivity contribution in [3.05, 3.63) is 89.0 Å². The van der Waals surface area contributed by atoms with Crippen LogP contribution in [0.15, 0.2) is 66.7 Å². The third kappa shape index (κ3) is 4.19. The average Bonchev–Trinajstić information content (AvgIpc) is 3.20. The van der Waals surface area contributed by atoms with Crippen LogP contribution in [0.3, 0.4) is 0 Å². The Labute approximate surface area is 200 Å². The van der Waals surface area contributed by atoms with E-state index in [2.05, 4.69) is 65.9 Å². The number of anilines is 1. The van der Waals surface area contributed by atoms with Crippen molar-refractivity contribution in [1.82, 2.24) is 4.90 Å². The number of carbonyl (C=O) groups excluding carboxylic acids is 1. The van der Waals surface area contributed by atoms with Gasteiger partial charge in [0.15, 0.2) is 0 Å². The van der Waals surface area contributed by atoms with Crippen LogP contribution in [0, 0.1) is 12.3 Å². The number of amides is 1. The molecule has 4 nitrogen and oxygen atoms in total. The molecule has 1 amide bonds. The van der Waals surface area contributed by atoms with E-state index in [9.17, 15) is 4.79 Å². The number of fused-ring (bicyclic) bond motifs is 3. The van der Waals surface area contributed by atoms with Gasteiger partial charge < -0.3 is 14.5 Å². The van der Waals surface area contributed by atoms with Gasteiger partial charge in [-0.3, -0.25) is 0 Å². The number of hydrogen-bond acceptors (Lipinski definition) is 4. The first-order valence-electron chi connectivity index (χ1n) is 11.2. The standard InChI is InChI=1S/C28H26N2O2S/c1-2-20-15-21(19-33)17-22(16-20)29-11-13-30(14-12-29)28(31)32-18-27-25-9-5-3-7-23(25)24-8-4-6-10-26(24)27/h1,3-10,15-17,27,33H,11-14,18-19H2. The van der Waals surface area contributed by atoms with Gasteiger partial charge in [-0.2, -0.15) is 12.6 Å². The van der Waals surface area contributed by atoms with Crippen LogP contribution in [-0.4, -0.2) is 43.8 Å². The molecule has 3 aromatic carbocycles. The molecule has 5 heteroatoms. The van der Waals surface area contributed by atoms with Gasteiger partial charge in [0.05, 0.1) is 0 Å². The summed E-state index contributed by atoms with van der Waals surface area (Å²) in [5.41, 5.74) is 7.96. The molecule has 166 valence electrons. The molecule has 2 aliphatic rings. The summed E-state index contributed by atoms with van der Waals surface area (Å²) in [4.78, 5) is 16.9. The molecular formula is C28H26N2O2S. The molecular weight excluding hydrogens is 428 g/mol. The quantitative estimate of drug-likeness (QED) is 0.436. The summed E-state index contributed by atoms with van der Waals surface area (Å²) >= 11 is 4.39. The molecule has 0 radical (unpaired) electrons. The van der Waals surface area contributed by atoms with Crippen LogP contribution in [0.5, 0.6) is 0 Å². The summed E-state index contributed by atoms with van der Waals surface area (Å²) in [7, 11) is 0. The summed E-state index contributed by atoms with van der Waals surface area (Å²) < 4.78 is 5.82. The molecule has 0 saturated carbocycles. The molecule has 1 aliphatic carbocycles. The number of benzene rings is 3. The minimum absolute atomic E-state index is 0.0776. The Morgan fingerprint density at radius 1 is 0.970 bits per heavy atom. The average molecular weight is 455 g/mol. The summed E-state index contributed by atoms with van der Waals surface area (Å²) in [6.45, 7) is 3.07. The minimum Gasteiger partial charge on any atom is -0.448 e. The molecule has 1 heterocycles. The Morgan fingerprint density at radius 2 is 1.61 bits per heavy atom. The highest BCUT2D eigenvalue weighted by molar-refractivity contribution is 7.79. The zero-order chi connectivity index (χ0) is 22.8. The number of hydrogen-bond donors (Lipinski definition) is 1. The zero-order valence-corrected chi connectivity index (χ0v) is 19.3. The first-order valence-corrected chi connectivity index (χ1v) is 11.9. The second-order valence-electron chi connectivity index (χ2n) is 8.47. The molecule has 1 fully saturated rings. The molecule has 0 bridgehead atoms. The maximum atomic E-state index is 12.9. The van der Waals surface area contributed by atoms with Crippen molar-refractivity contribution in [3.63, 3.8) is 0 Å². The molecule has 0 spiro atoms. The fourth-order valence-corrected chi connectivity index (χ4v) is 5.05. The highest BCUT2D eigenvalue weighted by Gasteiger charge is 2.30. The fourth-order valence-electron chi connectivity index (χ4n) is 4.86. The summed E-state index contributed by atoms with van der Waals surface area (Å²) in [5, 5.41) is 0. The van der Waals surface area contributed by atoms with E-state index in [1.54, 1.807) is 4.90 Å². The van der Waals surface area contributed by atoms with Crippen LogP contribution in [0.1, 0.15) is 28.2 Å². The second-order valence-corrected chi connectivity index (χ2v) is 8.78. The van der Waals surface area contributed by atoms with E-state index >= 15 is 0 Å². The monoisotopic (exact) mass is 454 g/mol. The van der Waals surface area contributed by atoms with Gasteiger partial charge in [0, 0.05) is 49.1 Å². The highest BCUT2D eigenvalue weighted by Crippen LogP contribution is 2.44. The van der Waals surface area contributed by atoms with Gasteiger partial charge in [-0.25, -0.2) is 4.79 Å². The van der Waals surface area contributed by atoms with E-state index < -0.39 is 0 Å². The summed E-state index contributed by atoms with van der Waals surface area (Å²) in [6, 6.07) is 22.9. The van der Waals surface area contributed by atoms with Crippen LogP contribution in [0.4, 0.5) is 10.5 Å². The third-order valence-corrected chi connectivity index (χ3v) is 6.93. The number of terminal acetylenes is 1. The molecule has 0 N–H and O–H groups in total. The molecule has 1 saturated heterocycles. The Balaban J connectivity index is 1.22. The number of ether oxygens (including phenoxy) is 1. The molecule has 3 aromatic rings. The predicted octanol–water partition coefficient (Wildman–Crippen LogP) is 5.17. The zero-order valence-electron chi connectivity index (χ0n) is 18.4. The molecule has 33 heavy (non-hydrogen) atoms. The van der Waals surface area contributed by atoms with Crippen molar-refractivity contribution in [3.8, 4) is 23.5 Å². The number of thiol groups is 1. The van der Waals surface area contributed by atoms with Gasteiger partial charge in [0.1, 0.15) is 6.61 Å². The molecule has 5 rings (SSSR count). The topological polar surface area (TPSA) is 32.8 Å². The van der Waals surface area contributed by atoms with E-state index in [4.69, 9.17) is 11.2 Å². The van der Waals surface area contributed by atoms with Crippen LogP contribution in [-0.2, 0) is 10.5 Å². The van der Waals surface area contributed by atoms with Gasteiger partial charge in [-0.05, 0) is 46.0 Å². The Bertz CT molecular complexity index is 1180. The van der Waals surface area contributed by atoms with Crippen molar-refractivity contribution < 1.29 is 9.53 Å². The molecule has 0 atom stereocenters. The maximum Gasteiger partial charge on any atom is 0.409 e. The van der Waals surface area contributed by atoms with Crippen LogP contribution >= 0.6 is 12.6 Å². The Kier molecular flexibility index (Phi) is 6.02. The first kappa shape index (κ1) is 21.5. The first-order chi connectivity index (χ1) is 16.2. The summed E-state index contributed by atoms with van der Waals surface area (Å²) in [6.07, 6.45) is 5.37. The third-order valence-electron chi connectivity index (χ3n) is 6.57. The predicted molar refractivity (Wildman–Crippen MR) is 136 cm³/mol. The highest BCUT2D eigenvalue weighted by atomic mass is 32.1. The number of nitrogens with zero attached hydrogens (tertiary/aromatic N) is 2. The molecule has 1 aliphatic heterocycles. The van der Waals surface area contributed by atoms with Crippen LogP contribution in [0.2, 0.25) is 0 Å². The lowest BCUT2D eigenvalue weighted by atomic mass is 9.98. The SMILES string of the molecule is C#Cc1cc(CS)cc(N2CCN(C(=O)OCC3c4ccccc4-c4ccccc43)CC2)c1. The van der Waals surface area contributed by atoms with E-state index in [0.29, 0.717) is 25.4 Å². The lowest BCUT2D eigenvalue weighted by Crippen LogP contribution is -2.49. The van der Waals surface area contributed by atoms with E-state index in [-0.39, 0.29) is 12.0 Å². The lowest BCUT2D eigenvalue weighted by Gasteiger charge is -2.36. The van der Waals surface area contributed by atoms with Gasteiger partial charge in [0.2, 0.25) is 0 Å². The smallest absolute Gasteiger partial charge is 0.409 e. The van der Waals surface area contributed by atoms with Gasteiger partial charge >= 0.3 is 6.09 Å². The lowest BCUT2D eigenvalue weighted by molar-refractivity contribution is 0.0977. The van der Waals surface area contributed by atoms with Gasteiger partial charge in [-0.15, -0.1) is 6.42 Å². The number of rotatable bonds is 4.